The summed E-state index contributed by atoms with van der Waals surface area (Å²) in [6, 6.07) is 13.9. The molecule has 1 N–H and O–H groups in total. The molecule has 0 saturated heterocycles. The number of aromatic nitrogens is 2. The van der Waals surface area contributed by atoms with Gasteiger partial charge in [0.1, 0.15) is 11.9 Å². The minimum atomic E-state index is -0.202. The standard InChI is InChI=1S/C19H18Cl2N2OS/c1-13-2-6-16(7-3-13)25-12-24-18(19-22-8-9-23-19)10-14-4-5-15(20)11-17(14)21/h2-9,11,18H,10,12H2,1H3,(H,22,23). The molecule has 1 unspecified atom stereocenters. The molecule has 0 aliphatic heterocycles. The number of nitrogens with zero attached hydrogens (tertiary/aromatic N) is 1. The van der Waals surface area contributed by atoms with Crippen molar-refractivity contribution in [2.24, 2.45) is 0 Å². The Balaban J connectivity index is 1.66. The Bertz CT molecular complexity index is 807. The number of halogens is 2. The molecule has 2 aromatic carbocycles. The molecule has 0 spiro atoms. The lowest BCUT2D eigenvalue weighted by atomic mass is 10.1. The molecule has 0 saturated carbocycles. The summed E-state index contributed by atoms with van der Waals surface area (Å²) in [6.45, 7) is 2.08. The van der Waals surface area contributed by atoms with E-state index in [1.54, 1.807) is 30.2 Å². The van der Waals surface area contributed by atoms with Crippen molar-refractivity contribution in [2.45, 2.75) is 24.3 Å². The third-order valence-electron chi connectivity index (χ3n) is 3.76. The SMILES string of the molecule is Cc1ccc(SCOC(Cc2ccc(Cl)cc2Cl)c2ncc[nH]2)cc1. The number of H-pyrrole nitrogens is 1. The number of benzene rings is 2. The summed E-state index contributed by atoms with van der Waals surface area (Å²) in [7, 11) is 0. The molecule has 0 aliphatic rings. The summed E-state index contributed by atoms with van der Waals surface area (Å²) in [5.41, 5.74) is 2.23. The van der Waals surface area contributed by atoms with Gasteiger partial charge in [0.25, 0.3) is 0 Å². The van der Waals surface area contributed by atoms with E-state index in [4.69, 9.17) is 27.9 Å². The molecule has 0 radical (unpaired) electrons. The van der Waals surface area contributed by atoms with Crippen LogP contribution in [0.1, 0.15) is 23.1 Å². The lowest BCUT2D eigenvalue weighted by Crippen LogP contribution is -2.10. The van der Waals surface area contributed by atoms with Crippen LogP contribution in [0.4, 0.5) is 0 Å². The van der Waals surface area contributed by atoms with Gasteiger partial charge in [-0.2, -0.15) is 0 Å². The first-order valence-electron chi connectivity index (χ1n) is 7.86. The van der Waals surface area contributed by atoms with Crippen molar-refractivity contribution in [1.29, 1.82) is 0 Å². The van der Waals surface area contributed by atoms with Gasteiger partial charge in [-0.15, -0.1) is 0 Å². The molecule has 0 fully saturated rings. The highest BCUT2D eigenvalue weighted by Crippen LogP contribution is 2.28. The molecule has 3 nitrogen and oxygen atoms in total. The molecule has 0 amide bonds. The van der Waals surface area contributed by atoms with Crippen LogP contribution >= 0.6 is 35.0 Å². The number of aromatic amines is 1. The van der Waals surface area contributed by atoms with E-state index < -0.39 is 0 Å². The monoisotopic (exact) mass is 392 g/mol. The van der Waals surface area contributed by atoms with E-state index in [1.165, 1.54) is 10.5 Å². The molecule has 1 heterocycles. The molecule has 3 aromatic rings. The van der Waals surface area contributed by atoms with Crippen LogP contribution in [0.2, 0.25) is 10.0 Å². The molecule has 6 heteroatoms. The van der Waals surface area contributed by atoms with Crippen LogP contribution in [-0.2, 0) is 11.2 Å². The van der Waals surface area contributed by atoms with Gasteiger partial charge in [0.2, 0.25) is 0 Å². The van der Waals surface area contributed by atoms with Gasteiger partial charge >= 0.3 is 0 Å². The van der Waals surface area contributed by atoms with Gasteiger partial charge in [-0.25, -0.2) is 4.98 Å². The maximum Gasteiger partial charge on any atom is 0.135 e. The fourth-order valence-electron chi connectivity index (χ4n) is 2.39. The zero-order valence-corrected chi connectivity index (χ0v) is 16.0. The Labute approximate surface area is 161 Å². The predicted molar refractivity (Wildman–Crippen MR) is 104 cm³/mol. The number of nitrogens with one attached hydrogen (secondary N) is 1. The fraction of sp³-hybridized carbons (Fsp3) is 0.211. The predicted octanol–water partition coefficient (Wildman–Crippen LogP) is 6.08. The number of imidazole rings is 1. The van der Waals surface area contributed by atoms with Crippen LogP contribution < -0.4 is 0 Å². The number of aryl methyl sites for hydroxylation is 1. The second-order valence-electron chi connectivity index (χ2n) is 5.64. The van der Waals surface area contributed by atoms with Crippen LogP contribution in [0, 0.1) is 6.92 Å². The van der Waals surface area contributed by atoms with Gasteiger partial charge in [0.15, 0.2) is 0 Å². The van der Waals surface area contributed by atoms with E-state index in [-0.39, 0.29) is 6.10 Å². The van der Waals surface area contributed by atoms with Gasteiger partial charge in [0, 0.05) is 33.8 Å². The summed E-state index contributed by atoms with van der Waals surface area (Å²) >= 11 is 13.9. The molecule has 130 valence electrons. The maximum absolute atomic E-state index is 6.30. The van der Waals surface area contributed by atoms with Gasteiger partial charge in [0.05, 0.1) is 5.94 Å². The largest absolute Gasteiger partial charge is 0.359 e. The van der Waals surface area contributed by atoms with Crippen molar-refractivity contribution in [2.75, 3.05) is 5.94 Å². The number of hydrogen-bond donors (Lipinski definition) is 1. The average Bonchev–Trinajstić information content (AvgIpc) is 3.12. The zero-order valence-electron chi connectivity index (χ0n) is 13.7. The van der Waals surface area contributed by atoms with Crippen molar-refractivity contribution in [3.8, 4) is 0 Å². The first-order chi connectivity index (χ1) is 12.1. The minimum absolute atomic E-state index is 0.202. The van der Waals surface area contributed by atoms with Crippen molar-refractivity contribution in [3.05, 3.63) is 81.9 Å². The van der Waals surface area contributed by atoms with Gasteiger partial charge in [-0.1, -0.05) is 58.7 Å². The van der Waals surface area contributed by atoms with E-state index in [1.807, 2.05) is 12.1 Å². The lowest BCUT2D eigenvalue weighted by Gasteiger charge is -2.17. The average molecular weight is 393 g/mol. The Morgan fingerprint density at radius 1 is 1.16 bits per heavy atom. The molecule has 3 rings (SSSR count). The summed E-state index contributed by atoms with van der Waals surface area (Å²) in [6.07, 6.45) is 3.94. The molecule has 0 bridgehead atoms. The molecule has 0 aliphatic carbocycles. The fourth-order valence-corrected chi connectivity index (χ4v) is 3.58. The van der Waals surface area contributed by atoms with Crippen molar-refractivity contribution in [1.82, 2.24) is 9.97 Å². The smallest absolute Gasteiger partial charge is 0.135 e. The van der Waals surface area contributed by atoms with E-state index in [0.717, 1.165) is 11.4 Å². The van der Waals surface area contributed by atoms with E-state index in [9.17, 15) is 0 Å². The molecular weight excluding hydrogens is 375 g/mol. The van der Waals surface area contributed by atoms with Crippen LogP contribution in [0.3, 0.4) is 0 Å². The normalized spacial score (nSPS) is 12.3. The van der Waals surface area contributed by atoms with E-state index >= 15 is 0 Å². The van der Waals surface area contributed by atoms with Crippen molar-refractivity contribution >= 4 is 35.0 Å². The van der Waals surface area contributed by atoms with Crippen LogP contribution in [0.15, 0.2) is 59.8 Å². The third kappa shape index (κ3) is 5.25. The summed E-state index contributed by atoms with van der Waals surface area (Å²) in [5, 5.41) is 1.26. The van der Waals surface area contributed by atoms with Crippen molar-refractivity contribution < 1.29 is 4.74 Å². The second-order valence-corrected chi connectivity index (χ2v) is 7.48. The Morgan fingerprint density at radius 3 is 2.64 bits per heavy atom. The quantitative estimate of drug-likeness (QED) is 0.391. The molecule has 1 aromatic heterocycles. The second kappa shape index (κ2) is 8.77. The number of thioether (sulfide) groups is 1. The van der Waals surface area contributed by atoms with E-state index in [0.29, 0.717) is 22.4 Å². The van der Waals surface area contributed by atoms with Crippen molar-refractivity contribution in [3.63, 3.8) is 0 Å². The number of rotatable bonds is 7. The van der Waals surface area contributed by atoms with Gasteiger partial charge in [-0.3, -0.25) is 0 Å². The van der Waals surface area contributed by atoms with Gasteiger partial charge < -0.3 is 9.72 Å². The summed E-state index contributed by atoms with van der Waals surface area (Å²) in [5.74, 6) is 1.31. The molecule has 1 atom stereocenters. The zero-order chi connectivity index (χ0) is 17.6. The minimum Gasteiger partial charge on any atom is -0.359 e. The highest BCUT2D eigenvalue weighted by Gasteiger charge is 2.17. The first-order valence-corrected chi connectivity index (χ1v) is 9.60. The Kier molecular flexibility index (Phi) is 6.43. The number of ether oxygens (including phenoxy) is 1. The van der Waals surface area contributed by atoms with Crippen LogP contribution in [0.5, 0.6) is 0 Å². The maximum atomic E-state index is 6.30. The Morgan fingerprint density at radius 2 is 1.96 bits per heavy atom. The summed E-state index contributed by atoms with van der Waals surface area (Å²) < 4.78 is 6.09. The van der Waals surface area contributed by atoms with Crippen LogP contribution in [0.25, 0.3) is 0 Å². The first kappa shape index (κ1) is 18.3. The highest BCUT2D eigenvalue weighted by atomic mass is 35.5. The summed E-state index contributed by atoms with van der Waals surface area (Å²) in [4.78, 5) is 8.64. The third-order valence-corrected chi connectivity index (χ3v) is 5.21. The molecular formula is C19H18Cl2N2OS. The topological polar surface area (TPSA) is 37.9 Å². The van der Waals surface area contributed by atoms with Crippen LogP contribution in [-0.4, -0.2) is 15.9 Å². The van der Waals surface area contributed by atoms with Gasteiger partial charge in [-0.05, 0) is 36.8 Å². The number of hydrogen-bond acceptors (Lipinski definition) is 3. The molecule has 25 heavy (non-hydrogen) atoms. The lowest BCUT2D eigenvalue weighted by molar-refractivity contribution is 0.0843. The highest BCUT2D eigenvalue weighted by molar-refractivity contribution is 7.99. The van der Waals surface area contributed by atoms with E-state index in [2.05, 4.69) is 41.2 Å². The Hall–Kier alpha value is -1.46.